The Labute approximate surface area is 119 Å². The van der Waals surface area contributed by atoms with Gasteiger partial charge in [-0.15, -0.1) is 0 Å². The predicted molar refractivity (Wildman–Crippen MR) is 75.7 cm³/mol. The molecular formula is C16H20N2O2. The first-order valence-corrected chi connectivity index (χ1v) is 7.07. The smallest absolute Gasteiger partial charge is 0.241 e. The third kappa shape index (κ3) is 3.00. The van der Waals surface area contributed by atoms with Gasteiger partial charge in [-0.2, -0.15) is 5.26 Å². The summed E-state index contributed by atoms with van der Waals surface area (Å²) in [6.45, 7) is 2.98. The molecule has 0 radical (unpaired) electrons. The zero-order valence-corrected chi connectivity index (χ0v) is 11.8. The average molecular weight is 272 g/mol. The Morgan fingerprint density at radius 3 is 2.60 bits per heavy atom. The van der Waals surface area contributed by atoms with Crippen LogP contribution in [0.25, 0.3) is 0 Å². The molecule has 1 amide bonds. The van der Waals surface area contributed by atoms with E-state index in [0.717, 1.165) is 12.0 Å². The second kappa shape index (κ2) is 6.53. The number of rotatable bonds is 4. The minimum atomic E-state index is -0.930. The van der Waals surface area contributed by atoms with Gasteiger partial charge in [-0.25, -0.2) is 0 Å². The number of nitrogens with one attached hydrogen (secondary N) is 1. The fraction of sp³-hybridized carbons (Fsp3) is 0.500. The third-order valence-corrected chi connectivity index (χ3v) is 3.91. The second-order valence-corrected chi connectivity index (χ2v) is 5.15. The van der Waals surface area contributed by atoms with Crippen LogP contribution in [-0.4, -0.2) is 19.1 Å². The van der Waals surface area contributed by atoms with Gasteiger partial charge in [-0.1, -0.05) is 37.3 Å². The molecule has 0 aromatic heterocycles. The molecule has 4 nitrogen and oxygen atoms in total. The van der Waals surface area contributed by atoms with Crippen molar-refractivity contribution in [2.45, 2.75) is 32.2 Å². The van der Waals surface area contributed by atoms with Crippen molar-refractivity contribution in [2.24, 2.45) is 5.41 Å². The molecule has 1 aromatic carbocycles. The number of carbonyl (C=O) groups excluding carboxylic acids is 1. The lowest BCUT2D eigenvalue weighted by Crippen LogP contribution is -2.45. The summed E-state index contributed by atoms with van der Waals surface area (Å²) in [6, 6.07) is 12.0. The van der Waals surface area contributed by atoms with Crippen molar-refractivity contribution in [1.82, 2.24) is 5.32 Å². The number of hydrogen-bond acceptors (Lipinski definition) is 3. The molecule has 0 aliphatic carbocycles. The van der Waals surface area contributed by atoms with Crippen LogP contribution < -0.4 is 5.32 Å². The van der Waals surface area contributed by atoms with Crippen LogP contribution in [0.3, 0.4) is 0 Å². The van der Waals surface area contributed by atoms with E-state index in [9.17, 15) is 10.1 Å². The van der Waals surface area contributed by atoms with E-state index in [0.29, 0.717) is 26.1 Å². The standard InChI is InChI=1S/C16H20N2O2/c1-2-14(13-6-4-3-5-7-13)18-15(19)16(12-17)8-10-20-11-9-16/h3-7,14H,2,8-11H2,1H3,(H,18,19). The highest BCUT2D eigenvalue weighted by molar-refractivity contribution is 5.85. The highest BCUT2D eigenvalue weighted by Crippen LogP contribution is 2.31. The summed E-state index contributed by atoms with van der Waals surface area (Å²) in [5.74, 6) is -0.168. The lowest BCUT2D eigenvalue weighted by atomic mass is 9.80. The molecule has 0 bridgehead atoms. The summed E-state index contributed by atoms with van der Waals surface area (Å²) in [7, 11) is 0. The summed E-state index contributed by atoms with van der Waals surface area (Å²) < 4.78 is 5.26. The van der Waals surface area contributed by atoms with E-state index in [-0.39, 0.29) is 11.9 Å². The molecule has 1 N–H and O–H groups in total. The molecule has 0 spiro atoms. The quantitative estimate of drug-likeness (QED) is 0.916. The number of amides is 1. The van der Waals surface area contributed by atoms with Gasteiger partial charge in [0.1, 0.15) is 5.41 Å². The van der Waals surface area contributed by atoms with Gasteiger partial charge < -0.3 is 10.1 Å². The highest BCUT2D eigenvalue weighted by Gasteiger charge is 2.41. The van der Waals surface area contributed by atoms with Gasteiger partial charge in [0, 0.05) is 13.2 Å². The fourth-order valence-electron chi connectivity index (χ4n) is 2.51. The zero-order valence-electron chi connectivity index (χ0n) is 11.8. The molecule has 1 aliphatic rings. The molecule has 1 heterocycles. The first-order valence-electron chi connectivity index (χ1n) is 7.07. The van der Waals surface area contributed by atoms with Crippen LogP contribution in [0.1, 0.15) is 37.8 Å². The van der Waals surface area contributed by atoms with E-state index in [1.54, 1.807) is 0 Å². The Hall–Kier alpha value is -1.86. The zero-order chi connectivity index (χ0) is 14.4. The largest absolute Gasteiger partial charge is 0.381 e. The summed E-state index contributed by atoms with van der Waals surface area (Å²) >= 11 is 0. The Balaban J connectivity index is 2.11. The van der Waals surface area contributed by atoms with Gasteiger partial charge in [0.25, 0.3) is 0 Å². The summed E-state index contributed by atoms with van der Waals surface area (Å²) in [5.41, 5.74) is 0.143. The Kier molecular flexibility index (Phi) is 4.75. The summed E-state index contributed by atoms with van der Waals surface area (Å²) in [4.78, 5) is 12.5. The molecule has 0 saturated carbocycles. The molecule has 1 atom stereocenters. The molecular weight excluding hydrogens is 252 g/mol. The van der Waals surface area contributed by atoms with E-state index in [1.165, 1.54) is 0 Å². The molecule has 4 heteroatoms. The number of nitrogens with zero attached hydrogens (tertiary/aromatic N) is 1. The summed E-state index contributed by atoms with van der Waals surface area (Å²) in [6.07, 6.45) is 1.74. The maximum atomic E-state index is 12.5. The number of nitriles is 1. The van der Waals surface area contributed by atoms with E-state index < -0.39 is 5.41 Å². The first-order chi connectivity index (χ1) is 9.72. The predicted octanol–water partition coefficient (Wildman–Crippen LogP) is 2.57. The topological polar surface area (TPSA) is 62.1 Å². The van der Waals surface area contributed by atoms with Crippen LogP contribution in [0, 0.1) is 16.7 Å². The number of carbonyl (C=O) groups is 1. The maximum absolute atomic E-state index is 12.5. The van der Waals surface area contributed by atoms with E-state index in [4.69, 9.17) is 4.74 Å². The van der Waals surface area contributed by atoms with Crippen molar-refractivity contribution in [3.05, 3.63) is 35.9 Å². The van der Waals surface area contributed by atoms with Crippen LogP contribution in [0.5, 0.6) is 0 Å². The minimum absolute atomic E-state index is 0.0447. The number of benzene rings is 1. The SMILES string of the molecule is CCC(NC(=O)C1(C#N)CCOCC1)c1ccccc1. The van der Waals surface area contributed by atoms with E-state index in [1.807, 2.05) is 37.3 Å². The summed E-state index contributed by atoms with van der Waals surface area (Å²) in [5, 5.41) is 12.4. The van der Waals surface area contributed by atoms with Crippen LogP contribution in [0.15, 0.2) is 30.3 Å². The lowest BCUT2D eigenvalue weighted by molar-refractivity contribution is -0.133. The van der Waals surface area contributed by atoms with Crippen molar-refractivity contribution < 1.29 is 9.53 Å². The van der Waals surface area contributed by atoms with Crippen molar-refractivity contribution in [3.8, 4) is 6.07 Å². The lowest BCUT2D eigenvalue weighted by Gasteiger charge is -2.31. The average Bonchev–Trinajstić information content (AvgIpc) is 2.53. The van der Waals surface area contributed by atoms with Crippen LogP contribution in [0.4, 0.5) is 0 Å². The van der Waals surface area contributed by atoms with Crippen LogP contribution >= 0.6 is 0 Å². The van der Waals surface area contributed by atoms with Gasteiger partial charge in [0.05, 0.1) is 12.1 Å². The third-order valence-electron chi connectivity index (χ3n) is 3.91. The van der Waals surface area contributed by atoms with Gasteiger partial charge >= 0.3 is 0 Å². The fourth-order valence-corrected chi connectivity index (χ4v) is 2.51. The molecule has 1 unspecified atom stereocenters. The maximum Gasteiger partial charge on any atom is 0.241 e. The van der Waals surface area contributed by atoms with Crippen molar-refractivity contribution in [1.29, 1.82) is 5.26 Å². The molecule has 106 valence electrons. The molecule has 1 aromatic rings. The van der Waals surface area contributed by atoms with Crippen molar-refractivity contribution in [3.63, 3.8) is 0 Å². The Morgan fingerprint density at radius 2 is 2.05 bits per heavy atom. The van der Waals surface area contributed by atoms with Gasteiger partial charge in [-0.3, -0.25) is 4.79 Å². The molecule has 2 rings (SSSR count). The number of ether oxygens (including phenoxy) is 1. The van der Waals surface area contributed by atoms with Crippen molar-refractivity contribution >= 4 is 5.91 Å². The van der Waals surface area contributed by atoms with Gasteiger partial charge in [0.2, 0.25) is 5.91 Å². The van der Waals surface area contributed by atoms with Crippen molar-refractivity contribution in [2.75, 3.05) is 13.2 Å². The number of hydrogen-bond donors (Lipinski definition) is 1. The molecule has 20 heavy (non-hydrogen) atoms. The van der Waals surface area contributed by atoms with E-state index >= 15 is 0 Å². The molecule has 1 aliphatic heterocycles. The van der Waals surface area contributed by atoms with Gasteiger partial charge in [0.15, 0.2) is 0 Å². The van der Waals surface area contributed by atoms with Gasteiger partial charge in [-0.05, 0) is 24.8 Å². The minimum Gasteiger partial charge on any atom is -0.381 e. The Morgan fingerprint density at radius 1 is 1.40 bits per heavy atom. The first kappa shape index (κ1) is 14.5. The molecule has 1 fully saturated rings. The van der Waals surface area contributed by atoms with Crippen LogP contribution in [0.2, 0.25) is 0 Å². The Bertz CT molecular complexity index is 487. The monoisotopic (exact) mass is 272 g/mol. The highest BCUT2D eigenvalue weighted by atomic mass is 16.5. The molecule has 1 saturated heterocycles. The second-order valence-electron chi connectivity index (χ2n) is 5.15. The van der Waals surface area contributed by atoms with E-state index in [2.05, 4.69) is 11.4 Å². The van der Waals surface area contributed by atoms with Crippen LogP contribution in [-0.2, 0) is 9.53 Å². The normalized spacial score (nSPS) is 18.8.